The van der Waals surface area contributed by atoms with E-state index < -0.39 is 0 Å². The Balaban J connectivity index is 1.56. The molecule has 8 heteroatoms. The average Bonchev–Trinajstić information content (AvgIpc) is 3.22. The van der Waals surface area contributed by atoms with Crippen LogP contribution in [0.3, 0.4) is 0 Å². The van der Waals surface area contributed by atoms with Gasteiger partial charge in [-0.2, -0.15) is 0 Å². The van der Waals surface area contributed by atoms with E-state index in [0.29, 0.717) is 18.9 Å². The topological polar surface area (TPSA) is 103 Å². The average molecular weight is 338 g/mol. The quantitative estimate of drug-likeness (QED) is 0.576. The maximum Gasteiger partial charge on any atom is 0.312 e. The molecule has 0 saturated carbocycles. The van der Waals surface area contributed by atoms with E-state index in [1.54, 1.807) is 17.7 Å². The summed E-state index contributed by atoms with van der Waals surface area (Å²) in [6, 6.07) is 12.4. The molecule has 0 saturated heterocycles. The Kier molecular flexibility index (Phi) is 3.80. The van der Waals surface area contributed by atoms with Gasteiger partial charge in [-0.3, -0.25) is 0 Å². The number of nitrogens with two attached hydrogens (primary N) is 1. The van der Waals surface area contributed by atoms with Crippen molar-refractivity contribution in [3.05, 3.63) is 48.6 Å². The van der Waals surface area contributed by atoms with Crippen molar-refractivity contribution in [1.82, 2.24) is 20.2 Å². The van der Waals surface area contributed by atoms with Crippen LogP contribution in [-0.2, 0) is 6.42 Å². The van der Waals surface area contributed by atoms with Crippen LogP contribution in [-0.4, -0.2) is 26.7 Å². The van der Waals surface area contributed by atoms with Gasteiger partial charge < -0.3 is 15.5 Å². The second-order valence-electron chi connectivity index (χ2n) is 5.13. The fourth-order valence-electron chi connectivity index (χ4n) is 2.40. The number of rotatable bonds is 5. The molecular weight excluding hydrogens is 324 g/mol. The third-order valence-corrected chi connectivity index (χ3v) is 4.59. The molecule has 0 atom stereocenters. The van der Waals surface area contributed by atoms with Crippen LogP contribution in [0.25, 0.3) is 20.7 Å². The van der Waals surface area contributed by atoms with Gasteiger partial charge in [0.25, 0.3) is 0 Å². The number of fused-ring (bicyclic) bond motifs is 1. The lowest BCUT2D eigenvalue weighted by Crippen LogP contribution is -2.06. The molecule has 0 aliphatic carbocycles. The van der Waals surface area contributed by atoms with Crippen molar-refractivity contribution in [2.75, 3.05) is 17.6 Å². The maximum absolute atomic E-state index is 5.41. The lowest BCUT2D eigenvalue weighted by atomic mass is 10.2. The highest BCUT2D eigenvalue weighted by molar-refractivity contribution is 7.21. The zero-order chi connectivity index (χ0) is 16.4. The van der Waals surface area contributed by atoms with Crippen LogP contribution in [0.2, 0.25) is 0 Å². The van der Waals surface area contributed by atoms with Gasteiger partial charge in [0.1, 0.15) is 17.0 Å². The number of aromatic nitrogens is 4. The summed E-state index contributed by atoms with van der Waals surface area (Å²) in [5.41, 5.74) is 6.59. The predicted octanol–water partition coefficient (Wildman–Crippen LogP) is 2.98. The number of hydrogen-bond donors (Lipinski definition) is 2. The first-order valence-corrected chi connectivity index (χ1v) is 8.23. The molecule has 7 nitrogen and oxygen atoms in total. The van der Waals surface area contributed by atoms with Gasteiger partial charge in [0.15, 0.2) is 0 Å². The van der Waals surface area contributed by atoms with Gasteiger partial charge in [-0.15, -0.1) is 16.4 Å². The number of nitrogens with one attached hydrogen (secondary N) is 1. The van der Waals surface area contributed by atoms with E-state index in [-0.39, 0.29) is 6.01 Å². The minimum absolute atomic E-state index is 0.0831. The first kappa shape index (κ1) is 14.6. The summed E-state index contributed by atoms with van der Waals surface area (Å²) in [7, 11) is 0. The van der Waals surface area contributed by atoms with Gasteiger partial charge in [0, 0.05) is 17.8 Å². The van der Waals surface area contributed by atoms with E-state index in [1.807, 2.05) is 18.2 Å². The second kappa shape index (κ2) is 6.25. The van der Waals surface area contributed by atoms with Gasteiger partial charge in [0.2, 0.25) is 5.89 Å². The third kappa shape index (κ3) is 2.91. The molecule has 4 aromatic rings. The van der Waals surface area contributed by atoms with Crippen LogP contribution >= 0.6 is 11.3 Å². The van der Waals surface area contributed by atoms with Crippen molar-refractivity contribution in [1.29, 1.82) is 0 Å². The van der Waals surface area contributed by atoms with E-state index in [0.717, 1.165) is 16.0 Å². The Morgan fingerprint density at radius 2 is 2.00 bits per heavy atom. The highest BCUT2D eigenvalue weighted by atomic mass is 32.1. The number of nitrogen functional groups attached to an aromatic ring is 1. The Labute approximate surface area is 141 Å². The van der Waals surface area contributed by atoms with Crippen LogP contribution in [0.15, 0.2) is 47.1 Å². The van der Waals surface area contributed by atoms with Crippen LogP contribution in [0.5, 0.6) is 0 Å². The van der Waals surface area contributed by atoms with Crippen molar-refractivity contribution < 1.29 is 4.42 Å². The summed E-state index contributed by atoms with van der Waals surface area (Å²) in [6.07, 6.45) is 2.14. The van der Waals surface area contributed by atoms with Gasteiger partial charge in [0.05, 0.1) is 5.39 Å². The molecule has 0 unspecified atom stereocenters. The minimum Gasteiger partial charge on any atom is -0.408 e. The van der Waals surface area contributed by atoms with Crippen molar-refractivity contribution in [3.63, 3.8) is 0 Å². The van der Waals surface area contributed by atoms with Crippen molar-refractivity contribution in [2.24, 2.45) is 0 Å². The van der Waals surface area contributed by atoms with Gasteiger partial charge in [-0.1, -0.05) is 35.4 Å². The fraction of sp³-hybridized carbons (Fsp3) is 0.125. The van der Waals surface area contributed by atoms with E-state index in [1.165, 1.54) is 10.4 Å². The van der Waals surface area contributed by atoms with Crippen LogP contribution < -0.4 is 11.1 Å². The molecule has 0 radical (unpaired) electrons. The van der Waals surface area contributed by atoms with E-state index >= 15 is 0 Å². The summed E-state index contributed by atoms with van der Waals surface area (Å²) in [4.78, 5) is 10.8. The first-order chi connectivity index (χ1) is 11.8. The molecule has 0 aliphatic rings. The standard InChI is InChI=1S/C16H14N6OS/c17-16-22-21-13(23-16)6-7-18-14-11-8-12(10-4-2-1-3-5-10)24-15(11)20-9-19-14/h1-5,8-9H,6-7H2,(H2,17,22)(H,18,19,20). The maximum atomic E-state index is 5.41. The molecular formula is C16H14N6OS. The van der Waals surface area contributed by atoms with E-state index in [2.05, 4.69) is 43.7 Å². The zero-order valence-corrected chi connectivity index (χ0v) is 13.5. The lowest BCUT2D eigenvalue weighted by molar-refractivity contribution is 0.513. The largest absolute Gasteiger partial charge is 0.408 e. The summed E-state index contributed by atoms with van der Waals surface area (Å²) in [5.74, 6) is 1.30. The molecule has 3 heterocycles. The molecule has 0 fully saturated rings. The molecule has 4 rings (SSSR count). The lowest BCUT2D eigenvalue weighted by Gasteiger charge is -2.04. The van der Waals surface area contributed by atoms with Crippen LogP contribution in [0, 0.1) is 0 Å². The van der Waals surface area contributed by atoms with Crippen molar-refractivity contribution in [2.45, 2.75) is 6.42 Å². The summed E-state index contributed by atoms with van der Waals surface area (Å²) in [6.45, 7) is 0.615. The van der Waals surface area contributed by atoms with Crippen LogP contribution in [0.4, 0.5) is 11.8 Å². The minimum atomic E-state index is 0.0831. The highest BCUT2D eigenvalue weighted by Crippen LogP contribution is 2.34. The van der Waals surface area contributed by atoms with Crippen LogP contribution in [0.1, 0.15) is 5.89 Å². The summed E-state index contributed by atoms with van der Waals surface area (Å²) >= 11 is 1.65. The Morgan fingerprint density at radius 3 is 2.79 bits per heavy atom. The molecule has 24 heavy (non-hydrogen) atoms. The Morgan fingerprint density at radius 1 is 1.12 bits per heavy atom. The van der Waals surface area contributed by atoms with Gasteiger partial charge >= 0.3 is 6.01 Å². The van der Waals surface area contributed by atoms with E-state index in [9.17, 15) is 0 Å². The molecule has 0 aliphatic heterocycles. The number of anilines is 2. The second-order valence-corrected chi connectivity index (χ2v) is 6.16. The monoisotopic (exact) mass is 338 g/mol. The summed E-state index contributed by atoms with van der Waals surface area (Å²) < 4.78 is 5.16. The number of nitrogens with zero attached hydrogens (tertiary/aromatic N) is 4. The molecule has 0 bridgehead atoms. The number of hydrogen-bond acceptors (Lipinski definition) is 8. The molecule has 0 spiro atoms. The molecule has 1 aromatic carbocycles. The van der Waals surface area contributed by atoms with E-state index in [4.69, 9.17) is 10.2 Å². The SMILES string of the molecule is Nc1nnc(CCNc2ncnc3sc(-c4ccccc4)cc23)o1. The molecule has 0 amide bonds. The number of benzene rings is 1. The van der Waals surface area contributed by atoms with Gasteiger partial charge in [-0.25, -0.2) is 9.97 Å². The number of thiophene rings is 1. The molecule has 120 valence electrons. The fourth-order valence-corrected chi connectivity index (χ4v) is 3.40. The van der Waals surface area contributed by atoms with Gasteiger partial charge in [-0.05, 0) is 11.6 Å². The summed E-state index contributed by atoms with van der Waals surface area (Å²) in [5, 5.41) is 11.8. The Bertz CT molecular complexity index is 965. The molecule has 3 aromatic heterocycles. The molecule has 3 N–H and O–H groups in total. The third-order valence-electron chi connectivity index (χ3n) is 3.50. The normalized spacial score (nSPS) is 11.0. The Hall–Kier alpha value is -3.00. The van der Waals surface area contributed by atoms with Crippen molar-refractivity contribution in [3.8, 4) is 10.4 Å². The smallest absolute Gasteiger partial charge is 0.312 e. The zero-order valence-electron chi connectivity index (χ0n) is 12.6. The predicted molar refractivity (Wildman–Crippen MR) is 93.8 cm³/mol. The van der Waals surface area contributed by atoms with Crippen molar-refractivity contribution >= 4 is 33.4 Å². The first-order valence-electron chi connectivity index (χ1n) is 7.41. The highest BCUT2D eigenvalue weighted by Gasteiger charge is 2.10.